The van der Waals surface area contributed by atoms with E-state index in [1.807, 2.05) is 0 Å². The maximum atomic E-state index is 3.64. The lowest BCUT2D eigenvalue weighted by atomic mass is 10.0. The van der Waals surface area contributed by atoms with Crippen LogP contribution in [0.3, 0.4) is 0 Å². The summed E-state index contributed by atoms with van der Waals surface area (Å²) in [6, 6.07) is 18.9. The SMILES string of the molecule is Cc1ccn(C)c1-c1[c]c2c(cc1)-c1ccccc1C2. The molecule has 0 spiro atoms. The van der Waals surface area contributed by atoms with Crippen molar-refractivity contribution in [2.45, 2.75) is 13.3 Å². The number of fused-ring (bicyclic) bond motifs is 3. The summed E-state index contributed by atoms with van der Waals surface area (Å²) in [7, 11) is 2.10. The molecule has 0 aliphatic heterocycles. The van der Waals surface area contributed by atoms with E-state index in [-0.39, 0.29) is 0 Å². The third-order valence-electron chi connectivity index (χ3n) is 4.23. The lowest BCUT2D eigenvalue weighted by molar-refractivity contribution is 0.934. The molecule has 0 amide bonds. The molecule has 0 atom stereocenters. The molecule has 0 N–H and O–H groups in total. The first kappa shape index (κ1) is 11.5. The molecule has 1 aliphatic rings. The van der Waals surface area contributed by atoms with Crippen molar-refractivity contribution >= 4 is 0 Å². The summed E-state index contributed by atoms with van der Waals surface area (Å²) < 4.78 is 2.18. The Balaban J connectivity index is 1.87. The minimum absolute atomic E-state index is 1.00. The first-order valence-corrected chi connectivity index (χ1v) is 7.00. The van der Waals surface area contributed by atoms with Gasteiger partial charge in [0.15, 0.2) is 0 Å². The Morgan fingerprint density at radius 3 is 2.65 bits per heavy atom. The number of aryl methyl sites for hydroxylation is 2. The Kier molecular flexibility index (Phi) is 2.37. The number of rotatable bonds is 1. The van der Waals surface area contributed by atoms with E-state index in [1.165, 1.54) is 39.1 Å². The minimum Gasteiger partial charge on any atom is -0.350 e. The molecule has 1 aromatic heterocycles. The van der Waals surface area contributed by atoms with Crippen molar-refractivity contribution < 1.29 is 0 Å². The Hall–Kier alpha value is -2.28. The summed E-state index contributed by atoms with van der Waals surface area (Å²) in [5.74, 6) is 0. The number of aromatic nitrogens is 1. The summed E-state index contributed by atoms with van der Waals surface area (Å²) >= 11 is 0. The molecular weight excluding hydrogens is 242 g/mol. The fourth-order valence-corrected chi connectivity index (χ4v) is 3.25. The van der Waals surface area contributed by atoms with Crippen LogP contribution in [0, 0.1) is 13.0 Å². The molecule has 1 heterocycles. The Morgan fingerprint density at radius 2 is 1.85 bits per heavy atom. The van der Waals surface area contributed by atoms with E-state index in [9.17, 15) is 0 Å². The van der Waals surface area contributed by atoms with Crippen LogP contribution in [-0.4, -0.2) is 4.57 Å². The van der Waals surface area contributed by atoms with Crippen LogP contribution in [0.15, 0.2) is 48.7 Å². The van der Waals surface area contributed by atoms with Crippen molar-refractivity contribution in [1.29, 1.82) is 0 Å². The Bertz CT molecular complexity index is 789. The van der Waals surface area contributed by atoms with E-state index in [1.54, 1.807) is 0 Å². The highest BCUT2D eigenvalue weighted by molar-refractivity contribution is 5.79. The van der Waals surface area contributed by atoms with Crippen LogP contribution in [-0.2, 0) is 13.5 Å². The topological polar surface area (TPSA) is 4.93 Å². The minimum atomic E-state index is 1.00. The molecule has 0 saturated carbocycles. The monoisotopic (exact) mass is 258 g/mol. The molecule has 2 aromatic carbocycles. The van der Waals surface area contributed by atoms with E-state index < -0.39 is 0 Å². The van der Waals surface area contributed by atoms with E-state index in [4.69, 9.17) is 0 Å². The van der Waals surface area contributed by atoms with Crippen LogP contribution in [0.2, 0.25) is 0 Å². The normalized spacial score (nSPS) is 12.3. The Labute approximate surface area is 119 Å². The van der Waals surface area contributed by atoms with E-state index in [2.05, 4.69) is 73.3 Å². The second kappa shape index (κ2) is 4.11. The van der Waals surface area contributed by atoms with Crippen molar-refractivity contribution in [3.63, 3.8) is 0 Å². The van der Waals surface area contributed by atoms with Crippen LogP contribution < -0.4 is 0 Å². The van der Waals surface area contributed by atoms with E-state index >= 15 is 0 Å². The van der Waals surface area contributed by atoms with Crippen LogP contribution in [0.25, 0.3) is 22.4 Å². The zero-order valence-corrected chi connectivity index (χ0v) is 11.8. The van der Waals surface area contributed by atoms with Gasteiger partial charge in [-0.3, -0.25) is 0 Å². The highest BCUT2D eigenvalue weighted by Crippen LogP contribution is 2.38. The first-order valence-electron chi connectivity index (χ1n) is 7.00. The first-order chi connectivity index (χ1) is 9.74. The lowest BCUT2D eigenvalue weighted by Gasteiger charge is -2.08. The van der Waals surface area contributed by atoms with Gasteiger partial charge in [0.05, 0.1) is 5.69 Å². The number of benzene rings is 2. The van der Waals surface area contributed by atoms with Crippen LogP contribution in [0.1, 0.15) is 16.7 Å². The molecule has 0 unspecified atom stereocenters. The zero-order chi connectivity index (χ0) is 13.7. The maximum Gasteiger partial charge on any atom is 0.0513 e. The second-order valence-electron chi connectivity index (χ2n) is 5.56. The maximum absolute atomic E-state index is 3.64. The van der Waals surface area contributed by atoms with Crippen molar-refractivity contribution in [3.8, 4) is 22.4 Å². The summed E-state index contributed by atoms with van der Waals surface area (Å²) in [4.78, 5) is 0. The smallest absolute Gasteiger partial charge is 0.0513 e. The van der Waals surface area contributed by atoms with Crippen molar-refractivity contribution in [1.82, 2.24) is 4.57 Å². The predicted molar refractivity (Wildman–Crippen MR) is 82.7 cm³/mol. The summed E-state index contributed by atoms with van der Waals surface area (Å²) in [5, 5.41) is 0. The molecule has 1 radical (unpaired) electrons. The van der Waals surface area contributed by atoms with Crippen molar-refractivity contribution in [3.05, 3.63) is 71.4 Å². The molecule has 1 aliphatic carbocycles. The predicted octanol–water partition coefficient (Wildman–Crippen LogP) is 4.37. The van der Waals surface area contributed by atoms with Gasteiger partial charge in [-0.05, 0) is 53.3 Å². The zero-order valence-electron chi connectivity index (χ0n) is 11.8. The van der Waals surface area contributed by atoms with Gasteiger partial charge in [-0.2, -0.15) is 0 Å². The third kappa shape index (κ3) is 1.56. The van der Waals surface area contributed by atoms with Crippen LogP contribution in [0.4, 0.5) is 0 Å². The van der Waals surface area contributed by atoms with Crippen LogP contribution >= 0.6 is 0 Å². The molecular formula is C19H16N. The molecule has 4 rings (SSSR count). The van der Waals surface area contributed by atoms with Gasteiger partial charge in [-0.15, -0.1) is 0 Å². The average molecular weight is 258 g/mol. The number of hydrogen-bond acceptors (Lipinski definition) is 0. The van der Waals surface area contributed by atoms with Crippen LogP contribution in [0.5, 0.6) is 0 Å². The van der Waals surface area contributed by atoms with Gasteiger partial charge >= 0.3 is 0 Å². The summed E-state index contributed by atoms with van der Waals surface area (Å²) in [6.07, 6.45) is 3.11. The average Bonchev–Trinajstić information content (AvgIpc) is 2.98. The number of nitrogens with zero attached hydrogens (tertiary/aromatic N) is 1. The summed E-state index contributed by atoms with van der Waals surface area (Å²) in [6.45, 7) is 2.16. The largest absolute Gasteiger partial charge is 0.350 e. The molecule has 20 heavy (non-hydrogen) atoms. The van der Waals surface area contributed by atoms with E-state index in [0.717, 1.165) is 6.42 Å². The highest BCUT2D eigenvalue weighted by Gasteiger charge is 2.19. The van der Waals surface area contributed by atoms with Crippen molar-refractivity contribution in [2.24, 2.45) is 7.05 Å². The fraction of sp³-hybridized carbons (Fsp3) is 0.158. The molecule has 0 saturated heterocycles. The van der Waals surface area contributed by atoms with Gasteiger partial charge in [0.1, 0.15) is 0 Å². The van der Waals surface area contributed by atoms with Gasteiger partial charge in [0, 0.05) is 18.8 Å². The second-order valence-corrected chi connectivity index (χ2v) is 5.56. The third-order valence-corrected chi connectivity index (χ3v) is 4.23. The quantitative estimate of drug-likeness (QED) is 0.477. The number of hydrogen-bond donors (Lipinski definition) is 0. The van der Waals surface area contributed by atoms with Gasteiger partial charge in [0.2, 0.25) is 0 Å². The lowest BCUT2D eigenvalue weighted by Crippen LogP contribution is -1.93. The van der Waals surface area contributed by atoms with Gasteiger partial charge in [-0.1, -0.05) is 36.4 Å². The standard InChI is InChI=1S/C19H16N/c1-13-9-10-20(2)19(13)15-7-8-18-16(12-15)11-14-5-3-4-6-17(14)18/h3-10H,11H2,1-2H3. The Morgan fingerprint density at radius 1 is 1.00 bits per heavy atom. The molecule has 0 bridgehead atoms. The molecule has 97 valence electrons. The summed E-state index contributed by atoms with van der Waals surface area (Å²) in [5.41, 5.74) is 9.22. The van der Waals surface area contributed by atoms with Gasteiger partial charge < -0.3 is 4.57 Å². The molecule has 1 heteroatoms. The molecule has 1 nitrogen and oxygen atoms in total. The molecule has 0 fully saturated rings. The molecule has 3 aromatic rings. The van der Waals surface area contributed by atoms with Gasteiger partial charge in [-0.25, -0.2) is 0 Å². The fourth-order valence-electron chi connectivity index (χ4n) is 3.25. The van der Waals surface area contributed by atoms with Crippen molar-refractivity contribution in [2.75, 3.05) is 0 Å². The highest BCUT2D eigenvalue weighted by atomic mass is 14.9. The van der Waals surface area contributed by atoms with E-state index in [0.29, 0.717) is 0 Å². The van der Waals surface area contributed by atoms with Gasteiger partial charge in [0.25, 0.3) is 0 Å².